The first-order valence-corrected chi connectivity index (χ1v) is 11.8. The molecule has 0 heterocycles. The predicted octanol–water partition coefficient (Wildman–Crippen LogP) is 4.93. The Morgan fingerprint density at radius 2 is 1.40 bits per heavy atom. The number of hydrogen-bond acceptors (Lipinski definition) is 4. The molecular weight excluding hydrogens is 440 g/mol. The molecule has 0 saturated heterocycles. The zero-order chi connectivity index (χ0) is 25.2. The fourth-order valence-corrected chi connectivity index (χ4v) is 3.44. The summed E-state index contributed by atoms with van der Waals surface area (Å²) in [5, 5.41) is 8.78. The van der Waals surface area contributed by atoms with Gasteiger partial charge in [-0.15, -0.1) is 0 Å². The Morgan fingerprint density at radius 3 is 2.00 bits per heavy atom. The van der Waals surface area contributed by atoms with E-state index in [1.54, 1.807) is 53.4 Å². The molecule has 0 bridgehead atoms. The molecule has 0 saturated carbocycles. The maximum Gasteiger partial charge on any atom is 0.258 e. The summed E-state index contributed by atoms with van der Waals surface area (Å²) in [6.45, 7) is 6.53. The molecule has 1 unspecified atom stereocenters. The largest absolute Gasteiger partial charge is 0.376 e. The molecule has 35 heavy (non-hydrogen) atoms. The van der Waals surface area contributed by atoms with Gasteiger partial charge in [0.15, 0.2) is 0 Å². The van der Waals surface area contributed by atoms with Gasteiger partial charge in [-0.3, -0.25) is 14.4 Å². The van der Waals surface area contributed by atoms with Crippen molar-refractivity contribution in [2.24, 2.45) is 0 Å². The van der Waals surface area contributed by atoms with Gasteiger partial charge in [0.05, 0.1) is 6.54 Å². The standard InChI is InChI=1S/C28H32N4O3/c1-4-20(3)30-27(34)21-11-17-24(18-12-21)31-26(33)19-29-23-15-13-22(14-16-23)28(35)32(5-2)25-9-7-6-8-10-25/h6-18,20,29H,4-5,19H2,1-3H3,(H,30,34)(H,31,33). The third-order valence-corrected chi connectivity index (χ3v) is 5.63. The first-order chi connectivity index (χ1) is 16.9. The van der Waals surface area contributed by atoms with Gasteiger partial charge >= 0.3 is 0 Å². The molecule has 0 aliphatic rings. The number of carbonyl (C=O) groups is 3. The zero-order valence-electron chi connectivity index (χ0n) is 20.4. The molecular formula is C28H32N4O3. The second kappa shape index (κ2) is 12.4. The number of nitrogens with zero attached hydrogens (tertiary/aromatic N) is 1. The number of nitrogens with one attached hydrogen (secondary N) is 3. The molecule has 0 fully saturated rings. The van der Waals surface area contributed by atoms with Crippen LogP contribution in [0.25, 0.3) is 0 Å². The van der Waals surface area contributed by atoms with Crippen LogP contribution in [0.2, 0.25) is 0 Å². The van der Waals surface area contributed by atoms with E-state index in [1.807, 2.05) is 51.1 Å². The summed E-state index contributed by atoms with van der Waals surface area (Å²) in [6.07, 6.45) is 0.858. The van der Waals surface area contributed by atoms with Crippen molar-refractivity contribution in [3.63, 3.8) is 0 Å². The molecule has 0 radical (unpaired) electrons. The first kappa shape index (κ1) is 25.5. The molecule has 0 aliphatic heterocycles. The van der Waals surface area contributed by atoms with Crippen molar-refractivity contribution in [1.82, 2.24) is 5.32 Å². The average molecular weight is 473 g/mol. The fraction of sp³-hybridized carbons (Fsp3) is 0.250. The van der Waals surface area contributed by atoms with Crippen LogP contribution in [0.1, 0.15) is 47.9 Å². The molecule has 1 atom stereocenters. The topological polar surface area (TPSA) is 90.5 Å². The molecule has 3 aromatic carbocycles. The Balaban J connectivity index is 1.51. The van der Waals surface area contributed by atoms with Gasteiger partial charge in [0.1, 0.15) is 0 Å². The van der Waals surface area contributed by atoms with Gasteiger partial charge in [-0.2, -0.15) is 0 Å². The van der Waals surface area contributed by atoms with Gasteiger partial charge in [-0.25, -0.2) is 0 Å². The minimum absolute atomic E-state index is 0.0641. The van der Waals surface area contributed by atoms with Crippen molar-refractivity contribution in [3.8, 4) is 0 Å². The van der Waals surface area contributed by atoms with Crippen molar-refractivity contribution >= 4 is 34.8 Å². The molecule has 0 aromatic heterocycles. The Hall–Kier alpha value is -4.13. The van der Waals surface area contributed by atoms with Crippen LogP contribution >= 0.6 is 0 Å². The maximum atomic E-state index is 12.9. The highest BCUT2D eigenvalue weighted by molar-refractivity contribution is 6.06. The van der Waals surface area contributed by atoms with Gasteiger partial charge in [0, 0.05) is 40.8 Å². The second-order valence-electron chi connectivity index (χ2n) is 8.22. The molecule has 3 amide bonds. The van der Waals surface area contributed by atoms with E-state index in [9.17, 15) is 14.4 Å². The zero-order valence-corrected chi connectivity index (χ0v) is 20.4. The molecule has 3 aromatic rings. The SMILES string of the molecule is CCC(C)NC(=O)c1ccc(NC(=O)CNc2ccc(C(=O)N(CC)c3ccccc3)cc2)cc1. The lowest BCUT2D eigenvalue weighted by atomic mass is 10.1. The molecule has 7 heteroatoms. The normalized spacial score (nSPS) is 11.3. The van der Waals surface area contributed by atoms with E-state index in [-0.39, 0.29) is 30.3 Å². The van der Waals surface area contributed by atoms with Crippen molar-refractivity contribution in [3.05, 3.63) is 90.0 Å². The Kier molecular flexibility index (Phi) is 9.01. The van der Waals surface area contributed by atoms with E-state index < -0.39 is 0 Å². The monoisotopic (exact) mass is 472 g/mol. The van der Waals surface area contributed by atoms with Crippen LogP contribution in [-0.4, -0.2) is 36.9 Å². The number of para-hydroxylation sites is 1. The van der Waals surface area contributed by atoms with Crippen LogP contribution in [-0.2, 0) is 4.79 Å². The molecule has 0 aliphatic carbocycles. The molecule has 7 nitrogen and oxygen atoms in total. The number of carbonyl (C=O) groups excluding carboxylic acids is 3. The summed E-state index contributed by atoms with van der Waals surface area (Å²) < 4.78 is 0. The Bertz CT molecular complexity index is 1130. The average Bonchev–Trinajstić information content (AvgIpc) is 2.89. The fourth-order valence-electron chi connectivity index (χ4n) is 3.44. The smallest absolute Gasteiger partial charge is 0.258 e. The van der Waals surface area contributed by atoms with E-state index in [0.29, 0.717) is 23.4 Å². The lowest BCUT2D eigenvalue weighted by Gasteiger charge is -2.21. The lowest BCUT2D eigenvalue weighted by Crippen LogP contribution is -2.31. The summed E-state index contributed by atoms with van der Waals surface area (Å²) in [4.78, 5) is 39.1. The van der Waals surface area contributed by atoms with Gasteiger partial charge in [0.2, 0.25) is 5.91 Å². The Morgan fingerprint density at radius 1 is 0.800 bits per heavy atom. The number of rotatable bonds is 10. The van der Waals surface area contributed by atoms with E-state index in [1.165, 1.54) is 0 Å². The highest BCUT2D eigenvalue weighted by Crippen LogP contribution is 2.18. The number of benzene rings is 3. The van der Waals surface area contributed by atoms with Crippen molar-refractivity contribution in [1.29, 1.82) is 0 Å². The van der Waals surface area contributed by atoms with Gasteiger partial charge in [-0.1, -0.05) is 25.1 Å². The van der Waals surface area contributed by atoms with E-state index in [2.05, 4.69) is 16.0 Å². The van der Waals surface area contributed by atoms with Gasteiger partial charge < -0.3 is 20.9 Å². The molecule has 3 N–H and O–H groups in total. The molecule has 182 valence electrons. The van der Waals surface area contributed by atoms with Crippen molar-refractivity contribution < 1.29 is 14.4 Å². The highest BCUT2D eigenvalue weighted by Gasteiger charge is 2.16. The van der Waals surface area contributed by atoms with Crippen molar-refractivity contribution in [2.75, 3.05) is 28.6 Å². The summed E-state index contributed by atoms with van der Waals surface area (Å²) in [5.41, 5.74) is 3.31. The molecule has 0 spiro atoms. The summed E-state index contributed by atoms with van der Waals surface area (Å²) in [6, 6.07) is 23.5. The number of hydrogen-bond donors (Lipinski definition) is 3. The van der Waals surface area contributed by atoms with E-state index in [0.717, 1.165) is 17.8 Å². The summed E-state index contributed by atoms with van der Waals surface area (Å²) >= 11 is 0. The van der Waals surface area contributed by atoms with Crippen LogP contribution in [0, 0.1) is 0 Å². The number of anilines is 3. The summed E-state index contributed by atoms with van der Waals surface area (Å²) in [5.74, 6) is -0.431. The maximum absolute atomic E-state index is 12.9. The molecule has 3 rings (SSSR count). The Labute approximate surface area is 206 Å². The van der Waals surface area contributed by atoms with Crippen LogP contribution < -0.4 is 20.9 Å². The van der Waals surface area contributed by atoms with Crippen molar-refractivity contribution in [2.45, 2.75) is 33.2 Å². The third kappa shape index (κ3) is 7.17. The quantitative estimate of drug-likeness (QED) is 0.390. The van der Waals surface area contributed by atoms with Gasteiger partial charge in [0.25, 0.3) is 11.8 Å². The van der Waals surface area contributed by atoms with E-state index in [4.69, 9.17) is 0 Å². The highest BCUT2D eigenvalue weighted by atomic mass is 16.2. The number of amides is 3. The van der Waals surface area contributed by atoms with Crippen LogP contribution in [0.4, 0.5) is 17.1 Å². The van der Waals surface area contributed by atoms with Gasteiger partial charge in [-0.05, 0) is 80.9 Å². The minimum Gasteiger partial charge on any atom is -0.376 e. The lowest BCUT2D eigenvalue weighted by molar-refractivity contribution is -0.114. The predicted molar refractivity (Wildman–Crippen MR) is 141 cm³/mol. The first-order valence-electron chi connectivity index (χ1n) is 11.8. The van der Waals surface area contributed by atoms with Crippen LogP contribution in [0.3, 0.4) is 0 Å². The second-order valence-corrected chi connectivity index (χ2v) is 8.22. The van der Waals surface area contributed by atoms with E-state index >= 15 is 0 Å². The summed E-state index contributed by atoms with van der Waals surface area (Å²) in [7, 11) is 0. The third-order valence-electron chi connectivity index (χ3n) is 5.63. The van der Waals surface area contributed by atoms with Crippen LogP contribution in [0.15, 0.2) is 78.9 Å². The van der Waals surface area contributed by atoms with Crippen LogP contribution in [0.5, 0.6) is 0 Å². The minimum atomic E-state index is -0.219.